The predicted octanol–water partition coefficient (Wildman–Crippen LogP) is -0.382. The summed E-state index contributed by atoms with van der Waals surface area (Å²) >= 11 is 1.14. The first-order valence-electron chi connectivity index (χ1n) is 3.83. The first-order valence-corrected chi connectivity index (χ1v) is 4.71. The summed E-state index contributed by atoms with van der Waals surface area (Å²) in [7, 11) is 0. The number of hydrogen-bond acceptors (Lipinski definition) is 3. The van der Waals surface area contributed by atoms with E-state index in [4.69, 9.17) is 4.74 Å². The van der Waals surface area contributed by atoms with E-state index in [-0.39, 0.29) is 56.4 Å². The molecule has 2 rings (SSSR count). The summed E-state index contributed by atoms with van der Waals surface area (Å²) in [6, 6.07) is 10.9. The van der Waals surface area contributed by atoms with Gasteiger partial charge in [0.2, 0.25) is 0 Å². The number of para-hydroxylation sites is 1. The summed E-state index contributed by atoms with van der Waals surface area (Å²) in [4.78, 5) is 0. The number of rotatable bonds is 2. The van der Waals surface area contributed by atoms with Crippen molar-refractivity contribution in [1.29, 1.82) is 0 Å². The van der Waals surface area contributed by atoms with Gasteiger partial charge in [0.15, 0.2) is 0 Å². The maximum absolute atomic E-state index is 10.8. The number of ether oxygens (including phenoxy) is 1. The van der Waals surface area contributed by atoms with Crippen LogP contribution in [0.15, 0.2) is 41.8 Å². The molecular formula is C10H7KO2S. The molecule has 0 aliphatic rings. The van der Waals surface area contributed by atoms with E-state index in [1.54, 1.807) is 5.38 Å². The van der Waals surface area contributed by atoms with Crippen molar-refractivity contribution in [2.24, 2.45) is 0 Å². The molecule has 1 aromatic carbocycles. The molecule has 1 aromatic heterocycles. The second-order valence-corrected chi connectivity index (χ2v) is 3.39. The molecule has 1 heterocycles. The van der Waals surface area contributed by atoms with Crippen LogP contribution in [0, 0.1) is 0 Å². The zero-order chi connectivity index (χ0) is 9.10. The molecule has 0 N–H and O–H groups in total. The fourth-order valence-corrected chi connectivity index (χ4v) is 1.51. The third-order valence-corrected chi connectivity index (χ3v) is 2.23. The van der Waals surface area contributed by atoms with E-state index in [0.717, 1.165) is 17.1 Å². The van der Waals surface area contributed by atoms with Crippen LogP contribution < -0.4 is 61.2 Å². The largest absolute Gasteiger partial charge is 1.00 e. The SMILES string of the molecule is [K+].[O-]c1cc(Oc2ccccc2)cs1. The first-order chi connectivity index (χ1) is 6.34. The fourth-order valence-electron chi connectivity index (χ4n) is 0.978. The Kier molecular flexibility index (Phi) is 5.15. The molecule has 0 radical (unpaired) electrons. The van der Waals surface area contributed by atoms with Crippen LogP contribution in [-0.4, -0.2) is 0 Å². The molecule has 2 aromatic rings. The number of thiophene rings is 1. The van der Waals surface area contributed by atoms with E-state index in [2.05, 4.69) is 0 Å². The van der Waals surface area contributed by atoms with E-state index >= 15 is 0 Å². The molecule has 0 fully saturated rings. The van der Waals surface area contributed by atoms with Crippen molar-refractivity contribution >= 4 is 11.3 Å². The van der Waals surface area contributed by atoms with Gasteiger partial charge >= 0.3 is 51.4 Å². The molecule has 0 saturated heterocycles. The van der Waals surface area contributed by atoms with Gasteiger partial charge in [-0.05, 0) is 23.3 Å². The Morgan fingerprint density at radius 1 is 1.07 bits per heavy atom. The minimum Gasteiger partial charge on any atom is -0.865 e. The van der Waals surface area contributed by atoms with Gasteiger partial charge in [0.1, 0.15) is 11.5 Å². The van der Waals surface area contributed by atoms with Crippen molar-refractivity contribution in [3.8, 4) is 16.6 Å². The molecule has 0 bridgehead atoms. The molecule has 0 saturated carbocycles. The van der Waals surface area contributed by atoms with Gasteiger partial charge in [-0.15, -0.1) is 0 Å². The van der Waals surface area contributed by atoms with Crippen LogP contribution in [0.3, 0.4) is 0 Å². The third kappa shape index (κ3) is 3.38. The van der Waals surface area contributed by atoms with Crippen molar-refractivity contribution in [1.82, 2.24) is 0 Å². The minimum absolute atomic E-state index is 0. The molecule has 4 heteroatoms. The Balaban J connectivity index is 0.000000980. The topological polar surface area (TPSA) is 32.3 Å². The monoisotopic (exact) mass is 230 g/mol. The van der Waals surface area contributed by atoms with Gasteiger partial charge in [-0.1, -0.05) is 18.2 Å². The molecule has 2 nitrogen and oxygen atoms in total. The Hall–Kier alpha value is 0.156. The summed E-state index contributed by atoms with van der Waals surface area (Å²) in [6.07, 6.45) is 0. The normalized spacial score (nSPS) is 9.14. The van der Waals surface area contributed by atoms with E-state index in [1.165, 1.54) is 6.07 Å². The molecule has 0 atom stereocenters. The molecule has 0 aliphatic carbocycles. The molecular weight excluding hydrogens is 223 g/mol. The molecule has 0 spiro atoms. The van der Waals surface area contributed by atoms with Gasteiger partial charge in [0.05, 0.1) is 0 Å². The number of hydrogen-bond donors (Lipinski definition) is 0. The maximum atomic E-state index is 10.8. The zero-order valence-electron chi connectivity index (χ0n) is 7.77. The summed E-state index contributed by atoms with van der Waals surface area (Å²) < 4.78 is 5.41. The molecule has 0 amide bonds. The standard InChI is InChI=1S/C10H8O2S.K/c11-10-6-9(7-13-10)12-8-4-2-1-3-5-8;/h1-7,11H;/q;+1/p-1. The summed E-state index contributed by atoms with van der Waals surface area (Å²) in [5.41, 5.74) is 0. The Bertz CT molecular complexity index is 386. The molecule has 66 valence electrons. The average molecular weight is 230 g/mol. The van der Waals surface area contributed by atoms with Gasteiger partial charge in [-0.3, -0.25) is 0 Å². The molecule has 0 aliphatic heterocycles. The Morgan fingerprint density at radius 3 is 2.36 bits per heavy atom. The van der Waals surface area contributed by atoms with Crippen LogP contribution in [0.1, 0.15) is 0 Å². The van der Waals surface area contributed by atoms with Crippen LogP contribution in [-0.2, 0) is 0 Å². The first kappa shape index (κ1) is 12.2. The van der Waals surface area contributed by atoms with E-state index in [1.807, 2.05) is 30.3 Å². The Morgan fingerprint density at radius 2 is 1.79 bits per heavy atom. The Labute approximate surface area is 129 Å². The van der Waals surface area contributed by atoms with Gasteiger partial charge in [0.25, 0.3) is 0 Å². The van der Waals surface area contributed by atoms with Crippen molar-refractivity contribution < 1.29 is 61.2 Å². The van der Waals surface area contributed by atoms with Crippen LogP contribution in [0.2, 0.25) is 0 Å². The molecule has 14 heavy (non-hydrogen) atoms. The van der Waals surface area contributed by atoms with Crippen molar-refractivity contribution in [2.75, 3.05) is 0 Å². The number of benzene rings is 1. The summed E-state index contributed by atoms with van der Waals surface area (Å²) in [5.74, 6) is 1.36. The van der Waals surface area contributed by atoms with Gasteiger partial charge in [-0.25, -0.2) is 0 Å². The zero-order valence-corrected chi connectivity index (χ0v) is 11.7. The van der Waals surface area contributed by atoms with Crippen molar-refractivity contribution in [2.45, 2.75) is 0 Å². The van der Waals surface area contributed by atoms with Crippen molar-refractivity contribution in [3.63, 3.8) is 0 Å². The molecule has 0 unspecified atom stereocenters. The third-order valence-electron chi connectivity index (χ3n) is 1.53. The van der Waals surface area contributed by atoms with Crippen LogP contribution in [0.5, 0.6) is 16.6 Å². The summed E-state index contributed by atoms with van der Waals surface area (Å²) in [5, 5.41) is 12.5. The van der Waals surface area contributed by atoms with Crippen LogP contribution in [0.4, 0.5) is 0 Å². The summed E-state index contributed by atoms with van der Waals surface area (Å²) in [6.45, 7) is 0. The van der Waals surface area contributed by atoms with Gasteiger partial charge in [0, 0.05) is 5.38 Å². The predicted molar refractivity (Wildman–Crippen MR) is 50.3 cm³/mol. The second kappa shape index (κ2) is 5.90. The van der Waals surface area contributed by atoms with Crippen LogP contribution >= 0.6 is 11.3 Å². The van der Waals surface area contributed by atoms with E-state index in [9.17, 15) is 5.11 Å². The minimum atomic E-state index is 0. The second-order valence-electron chi connectivity index (χ2n) is 2.52. The van der Waals surface area contributed by atoms with E-state index in [0.29, 0.717) is 5.75 Å². The quantitative estimate of drug-likeness (QED) is 0.659. The van der Waals surface area contributed by atoms with Gasteiger partial charge in [-0.2, -0.15) is 11.3 Å². The van der Waals surface area contributed by atoms with Gasteiger partial charge < -0.3 is 9.84 Å². The van der Waals surface area contributed by atoms with E-state index < -0.39 is 0 Å². The maximum Gasteiger partial charge on any atom is 1.00 e. The van der Waals surface area contributed by atoms with Crippen LogP contribution in [0.25, 0.3) is 0 Å². The smallest absolute Gasteiger partial charge is 0.865 e. The average Bonchev–Trinajstić information content (AvgIpc) is 2.53. The van der Waals surface area contributed by atoms with Crippen molar-refractivity contribution in [3.05, 3.63) is 41.8 Å². The fraction of sp³-hybridized carbons (Fsp3) is 0.